The summed E-state index contributed by atoms with van der Waals surface area (Å²) in [4.78, 5) is 14.0. The van der Waals surface area contributed by atoms with Gasteiger partial charge in [-0.1, -0.05) is 44.2 Å². The molecule has 1 N–H and O–H groups in total. The summed E-state index contributed by atoms with van der Waals surface area (Å²) in [6.07, 6.45) is -0.0630. The first-order valence-electron chi connectivity index (χ1n) is 7.77. The first-order chi connectivity index (χ1) is 10.1. The molecule has 21 heavy (non-hydrogen) atoms. The number of hydrogen-bond acceptors (Lipinski definition) is 4. The van der Waals surface area contributed by atoms with E-state index >= 15 is 0 Å². The highest BCUT2D eigenvalue weighted by atomic mass is 16.5. The van der Waals surface area contributed by atoms with Gasteiger partial charge in [0, 0.05) is 12.6 Å². The van der Waals surface area contributed by atoms with Gasteiger partial charge in [-0.05, 0) is 32.5 Å². The second-order valence-electron chi connectivity index (χ2n) is 5.32. The average molecular weight is 292 g/mol. The highest BCUT2D eigenvalue weighted by molar-refractivity contribution is 5.71. The second kappa shape index (κ2) is 9.53. The molecule has 0 bridgehead atoms. The Labute approximate surface area is 128 Å². The van der Waals surface area contributed by atoms with Crippen molar-refractivity contribution in [3.8, 4) is 0 Å². The molecule has 4 nitrogen and oxygen atoms in total. The minimum atomic E-state index is -0.198. The summed E-state index contributed by atoms with van der Waals surface area (Å²) >= 11 is 0. The second-order valence-corrected chi connectivity index (χ2v) is 5.32. The maximum atomic E-state index is 11.6. The van der Waals surface area contributed by atoms with E-state index in [0.29, 0.717) is 0 Å². The minimum absolute atomic E-state index is 0.0630. The fourth-order valence-electron chi connectivity index (χ4n) is 2.41. The molecule has 0 aliphatic carbocycles. The molecule has 1 rings (SSSR count). The summed E-state index contributed by atoms with van der Waals surface area (Å²) < 4.78 is 5.14. The number of nitrogens with one attached hydrogen (secondary N) is 1. The molecular formula is C17H28N2O2. The van der Waals surface area contributed by atoms with Crippen LogP contribution in [0.4, 0.5) is 0 Å². The summed E-state index contributed by atoms with van der Waals surface area (Å²) in [5.41, 5.74) is 1.27. The van der Waals surface area contributed by atoms with Gasteiger partial charge < -0.3 is 10.1 Å². The molecule has 1 atom stereocenters. The molecule has 1 unspecified atom stereocenters. The Morgan fingerprint density at radius 1 is 1.19 bits per heavy atom. The van der Waals surface area contributed by atoms with E-state index in [0.717, 1.165) is 19.6 Å². The van der Waals surface area contributed by atoms with Crippen molar-refractivity contribution >= 4 is 5.97 Å². The monoisotopic (exact) mass is 292 g/mol. The third-order valence-electron chi connectivity index (χ3n) is 3.41. The van der Waals surface area contributed by atoms with Gasteiger partial charge in [-0.15, -0.1) is 0 Å². The summed E-state index contributed by atoms with van der Waals surface area (Å²) in [6.45, 7) is 11.0. The Morgan fingerprint density at radius 2 is 1.81 bits per heavy atom. The first-order valence-corrected chi connectivity index (χ1v) is 7.77. The van der Waals surface area contributed by atoms with E-state index in [9.17, 15) is 4.79 Å². The third kappa shape index (κ3) is 6.27. The number of carbonyl (C=O) groups is 1. The predicted octanol–water partition coefficient (Wildman–Crippen LogP) is 2.61. The van der Waals surface area contributed by atoms with Crippen molar-refractivity contribution in [1.82, 2.24) is 10.2 Å². The SMILES string of the molecule is CCN(CC)C(CNCC(=O)OC(C)C)c1ccccc1. The van der Waals surface area contributed by atoms with Gasteiger partial charge in [0.05, 0.1) is 12.6 Å². The van der Waals surface area contributed by atoms with Crippen LogP contribution in [0.1, 0.15) is 39.3 Å². The quantitative estimate of drug-likeness (QED) is 0.710. The largest absolute Gasteiger partial charge is 0.462 e. The lowest BCUT2D eigenvalue weighted by Gasteiger charge is -2.30. The lowest BCUT2D eigenvalue weighted by molar-refractivity contribution is -0.146. The number of likely N-dealkylation sites (N-methyl/N-ethyl adjacent to an activating group) is 1. The predicted molar refractivity (Wildman–Crippen MR) is 86.2 cm³/mol. The van der Waals surface area contributed by atoms with E-state index in [2.05, 4.69) is 48.3 Å². The molecule has 0 aliphatic rings. The van der Waals surface area contributed by atoms with Crippen molar-refractivity contribution < 1.29 is 9.53 Å². The molecule has 0 saturated heterocycles. The standard InChI is InChI=1S/C17H28N2O2/c1-5-19(6-2)16(15-10-8-7-9-11-15)12-18-13-17(20)21-14(3)4/h7-11,14,16,18H,5-6,12-13H2,1-4H3. The lowest BCUT2D eigenvalue weighted by Crippen LogP contribution is -2.38. The van der Waals surface area contributed by atoms with Crippen molar-refractivity contribution in [2.75, 3.05) is 26.2 Å². The maximum absolute atomic E-state index is 11.6. The van der Waals surface area contributed by atoms with Crippen molar-refractivity contribution in [3.05, 3.63) is 35.9 Å². The topological polar surface area (TPSA) is 41.6 Å². The highest BCUT2D eigenvalue weighted by Gasteiger charge is 2.17. The Balaban J connectivity index is 2.60. The van der Waals surface area contributed by atoms with Crippen molar-refractivity contribution in [1.29, 1.82) is 0 Å². The number of hydrogen-bond donors (Lipinski definition) is 1. The highest BCUT2D eigenvalue weighted by Crippen LogP contribution is 2.19. The van der Waals surface area contributed by atoms with Crippen molar-refractivity contribution in [3.63, 3.8) is 0 Å². The molecule has 0 heterocycles. The van der Waals surface area contributed by atoms with E-state index in [1.54, 1.807) is 0 Å². The molecule has 1 aromatic carbocycles. The number of nitrogens with zero attached hydrogens (tertiary/aromatic N) is 1. The minimum Gasteiger partial charge on any atom is -0.462 e. The van der Waals surface area contributed by atoms with Gasteiger partial charge in [-0.2, -0.15) is 0 Å². The lowest BCUT2D eigenvalue weighted by atomic mass is 10.1. The molecule has 0 amide bonds. The van der Waals surface area contributed by atoms with Gasteiger partial charge in [0.2, 0.25) is 0 Å². The van der Waals surface area contributed by atoms with Crippen LogP contribution in [0.3, 0.4) is 0 Å². The van der Waals surface area contributed by atoms with Crippen LogP contribution in [0.2, 0.25) is 0 Å². The molecule has 1 aromatic rings. The van der Waals surface area contributed by atoms with E-state index < -0.39 is 0 Å². The molecule has 0 spiro atoms. The van der Waals surface area contributed by atoms with Gasteiger partial charge in [-0.25, -0.2) is 0 Å². The molecule has 0 aromatic heterocycles. The molecule has 0 fully saturated rings. The zero-order valence-corrected chi connectivity index (χ0v) is 13.6. The van der Waals surface area contributed by atoms with Crippen LogP contribution < -0.4 is 5.32 Å². The van der Waals surface area contributed by atoms with Crippen molar-refractivity contribution in [2.45, 2.75) is 39.8 Å². The average Bonchev–Trinajstić information content (AvgIpc) is 2.47. The summed E-state index contributed by atoms with van der Waals surface area (Å²) in [6, 6.07) is 10.7. The summed E-state index contributed by atoms with van der Waals surface area (Å²) in [7, 11) is 0. The molecule has 118 valence electrons. The van der Waals surface area contributed by atoms with Crippen LogP contribution in [-0.2, 0) is 9.53 Å². The fourth-order valence-corrected chi connectivity index (χ4v) is 2.41. The van der Waals surface area contributed by atoms with Crippen LogP contribution in [0, 0.1) is 0 Å². The Kier molecular flexibility index (Phi) is 8.01. The van der Waals surface area contributed by atoms with E-state index in [-0.39, 0.29) is 24.7 Å². The van der Waals surface area contributed by atoms with Gasteiger partial charge in [-0.3, -0.25) is 9.69 Å². The van der Waals surface area contributed by atoms with Crippen LogP contribution in [0.5, 0.6) is 0 Å². The fraction of sp³-hybridized carbons (Fsp3) is 0.588. The smallest absolute Gasteiger partial charge is 0.320 e. The Bertz CT molecular complexity index is 403. The first kappa shape index (κ1) is 17.7. The Hall–Kier alpha value is -1.39. The number of rotatable bonds is 9. The molecule has 4 heteroatoms. The van der Waals surface area contributed by atoms with E-state index in [1.165, 1.54) is 5.56 Å². The van der Waals surface area contributed by atoms with Gasteiger partial charge in [0.15, 0.2) is 0 Å². The number of esters is 1. The normalized spacial score (nSPS) is 12.7. The number of carbonyl (C=O) groups excluding carboxylic acids is 1. The molecule has 0 saturated carbocycles. The van der Waals surface area contributed by atoms with Crippen LogP contribution in [-0.4, -0.2) is 43.2 Å². The maximum Gasteiger partial charge on any atom is 0.320 e. The van der Waals surface area contributed by atoms with Crippen LogP contribution in [0.25, 0.3) is 0 Å². The van der Waals surface area contributed by atoms with Gasteiger partial charge in [0.25, 0.3) is 0 Å². The van der Waals surface area contributed by atoms with Crippen LogP contribution >= 0.6 is 0 Å². The van der Waals surface area contributed by atoms with Crippen molar-refractivity contribution in [2.24, 2.45) is 0 Å². The molecular weight excluding hydrogens is 264 g/mol. The van der Waals surface area contributed by atoms with E-state index in [1.807, 2.05) is 19.9 Å². The Morgan fingerprint density at radius 3 is 2.33 bits per heavy atom. The van der Waals surface area contributed by atoms with Crippen LogP contribution in [0.15, 0.2) is 30.3 Å². The molecule has 0 radical (unpaired) electrons. The molecule has 0 aliphatic heterocycles. The number of ether oxygens (including phenoxy) is 1. The van der Waals surface area contributed by atoms with Gasteiger partial charge >= 0.3 is 5.97 Å². The summed E-state index contributed by atoms with van der Waals surface area (Å²) in [5, 5.41) is 3.22. The third-order valence-corrected chi connectivity index (χ3v) is 3.41. The summed E-state index contributed by atoms with van der Waals surface area (Å²) in [5.74, 6) is -0.198. The zero-order chi connectivity index (χ0) is 15.7. The van der Waals surface area contributed by atoms with E-state index in [4.69, 9.17) is 4.74 Å². The van der Waals surface area contributed by atoms with Gasteiger partial charge in [0.1, 0.15) is 0 Å². The zero-order valence-electron chi connectivity index (χ0n) is 13.6. The number of benzene rings is 1.